The number of hydrogen-bond acceptors (Lipinski definition) is 3. The van der Waals surface area contributed by atoms with Crippen molar-refractivity contribution < 1.29 is 4.79 Å². The van der Waals surface area contributed by atoms with Crippen LogP contribution in [0.4, 0.5) is 0 Å². The SMILES string of the molecule is O=C(c1csc(I)c1)N1CCCCC1C1CCCN1. The second-order valence-electron chi connectivity index (χ2n) is 5.40. The summed E-state index contributed by atoms with van der Waals surface area (Å²) in [6, 6.07) is 2.93. The van der Waals surface area contributed by atoms with Gasteiger partial charge in [0.2, 0.25) is 0 Å². The molecule has 19 heavy (non-hydrogen) atoms. The third kappa shape index (κ3) is 2.97. The number of thiophene rings is 1. The number of hydrogen-bond donors (Lipinski definition) is 1. The Bertz CT molecular complexity index is 456. The van der Waals surface area contributed by atoms with Gasteiger partial charge in [0.05, 0.1) is 8.45 Å². The molecule has 0 radical (unpaired) electrons. The van der Waals surface area contributed by atoms with E-state index in [9.17, 15) is 4.79 Å². The molecule has 0 spiro atoms. The molecule has 2 aliphatic rings. The molecule has 2 atom stereocenters. The largest absolute Gasteiger partial charge is 0.334 e. The van der Waals surface area contributed by atoms with Crippen LogP contribution in [0, 0.1) is 2.88 Å². The first-order valence-corrected chi connectivity index (χ1v) is 9.00. The van der Waals surface area contributed by atoms with Crippen LogP contribution >= 0.6 is 33.9 Å². The first kappa shape index (κ1) is 13.8. The van der Waals surface area contributed by atoms with E-state index in [1.165, 1.54) is 22.1 Å². The number of rotatable bonds is 2. The Hall–Kier alpha value is -0.140. The van der Waals surface area contributed by atoms with Gasteiger partial charge in [-0.15, -0.1) is 11.3 Å². The normalized spacial score (nSPS) is 27.7. The molecule has 5 heteroatoms. The van der Waals surface area contributed by atoms with Crippen LogP contribution in [-0.4, -0.2) is 36.0 Å². The van der Waals surface area contributed by atoms with Crippen LogP contribution in [0.25, 0.3) is 0 Å². The zero-order valence-corrected chi connectivity index (χ0v) is 13.9. The first-order chi connectivity index (χ1) is 9.25. The topological polar surface area (TPSA) is 32.3 Å². The maximum Gasteiger partial charge on any atom is 0.255 e. The van der Waals surface area contributed by atoms with Gasteiger partial charge in [0, 0.05) is 24.0 Å². The van der Waals surface area contributed by atoms with Crippen LogP contribution in [0.1, 0.15) is 42.5 Å². The summed E-state index contributed by atoms with van der Waals surface area (Å²) in [5, 5.41) is 5.57. The van der Waals surface area contributed by atoms with Gasteiger partial charge in [-0.3, -0.25) is 4.79 Å². The fourth-order valence-electron chi connectivity index (χ4n) is 3.26. The second-order valence-corrected chi connectivity index (χ2v) is 8.21. The minimum absolute atomic E-state index is 0.234. The van der Waals surface area contributed by atoms with Crippen LogP contribution in [0.5, 0.6) is 0 Å². The molecule has 3 rings (SSSR count). The molecule has 2 saturated heterocycles. The summed E-state index contributed by atoms with van der Waals surface area (Å²) < 4.78 is 1.19. The lowest BCUT2D eigenvalue weighted by Crippen LogP contribution is -2.52. The predicted molar refractivity (Wildman–Crippen MR) is 86.7 cm³/mol. The summed E-state index contributed by atoms with van der Waals surface area (Å²) in [4.78, 5) is 14.8. The maximum atomic E-state index is 12.7. The van der Waals surface area contributed by atoms with Crippen molar-refractivity contribution in [2.24, 2.45) is 0 Å². The molecule has 1 amide bonds. The molecule has 0 aliphatic carbocycles. The Labute approximate surface area is 131 Å². The molecule has 1 aromatic heterocycles. The number of nitrogens with one attached hydrogen (secondary N) is 1. The maximum absolute atomic E-state index is 12.7. The van der Waals surface area contributed by atoms with Crippen LogP contribution < -0.4 is 5.32 Å². The lowest BCUT2D eigenvalue weighted by Gasteiger charge is -2.39. The van der Waals surface area contributed by atoms with Crippen LogP contribution in [-0.2, 0) is 0 Å². The van der Waals surface area contributed by atoms with Gasteiger partial charge in [-0.25, -0.2) is 0 Å². The van der Waals surface area contributed by atoms with Gasteiger partial charge < -0.3 is 10.2 Å². The minimum Gasteiger partial charge on any atom is -0.334 e. The number of carbonyl (C=O) groups is 1. The van der Waals surface area contributed by atoms with E-state index < -0.39 is 0 Å². The van der Waals surface area contributed by atoms with E-state index in [0.29, 0.717) is 12.1 Å². The van der Waals surface area contributed by atoms with Gasteiger partial charge in [-0.2, -0.15) is 0 Å². The van der Waals surface area contributed by atoms with E-state index >= 15 is 0 Å². The average Bonchev–Trinajstić information content (AvgIpc) is 3.09. The molecule has 3 heterocycles. The molecule has 0 saturated carbocycles. The highest BCUT2D eigenvalue weighted by molar-refractivity contribution is 14.1. The monoisotopic (exact) mass is 390 g/mol. The third-order valence-corrected chi connectivity index (χ3v) is 5.98. The molecule has 0 aromatic carbocycles. The van der Waals surface area contributed by atoms with E-state index in [2.05, 4.69) is 32.8 Å². The van der Waals surface area contributed by atoms with Crippen LogP contribution in [0.3, 0.4) is 0 Å². The Kier molecular flexibility index (Phi) is 4.44. The van der Waals surface area contributed by atoms with Gasteiger partial charge in [0.1, 0.15) is 0 Å². The van der Waals surface area contributed by atoms with Crippen molar-refractivity contribution in [1.82, 2.24) is 10.2 Å². The number of amides is 1. The van der Waals surface area contributed by atoms with Crippen molar-refractivity contribution in [3.63, 3.8) is 0 Å². The molecular weight excluding hydrogens is 371 g/mol. The van der Waals surface area contributed by atoms with E-state index in [1.807, 2.05) is 11.4 Å². The number of nitrogens with zero attached hydrogens (tertiary/aromatic N) is 1. The quantitative estimate of drug-likeness (QED) is 0.788. The lowest BCUT2D eigenvalue weighted by atomic mass is 9.94. The van der Waals surface area contributed by atoms with Gasteiger partial charge in [0.15, 0.2) is 0 Å². The molecule has 2 unspecified atom stereocenters. The van der Waals surface area contributed by atoms with Gasteiger partial charge in [0.25, 0.3) is 5.91 Å². The molecule has 0 bridgehead atoms. The fraction of sp³-hybridized carbons (Fsp3) is 0.643. The fourth-order valence-corrected chi connectivity index (χ4v) is 4.58. The highest BCUT2D eigenvalue weighted by Gasteiger charge is 2.34. The summed E-state index contributed by atoms with van der Waals surface area (Å²) in [6.45, 7) is 2.04. The summed E-state index contributed by atoms with van der Waals surface area (Å²) in [5.41, 5.74) is 0.874. The minimum atomic E-state index is 0.234. The average molecular weight is 390 g/mol. The molecule has 3 nitrogen and oxygen atoms in total. The smallest absolute Gasteiger partial charge is 0.255 e. The highest BCUT2D eigenvalue weighted by atomic mass is 127. The van der Waals surface area contributed by atoms with Crippen LogP contribution in [0.2, 0.25) is 0 Å². The van der Waals surface area contributed by atoms with Gasteiger partial charge in [-0.05, 0) is 67.3 Å². The Morgan fingerprint density at radius 1 is 1.37 bits per heavy atom. The van der Waals surface area contributed by atoms with Crippen molar-refractivity contribution in [1.29, 1.82) is 0 Å². The molecule has 1 aromatic rings. The van der Waals surface area contributed by atoms with Gasteiger partial charge >= 0.3 is 0 Å². The van der Waals surface area contributed by atoms with Crippen molar-refractivity contribution in [3.8, 4) is 0 Å². The number of halogens is 1. The number of likely N-dealkylation sites (tertiary alicyclic amines) is 1. The summed E-state index contributed by atoms with van der Waals surface area (Å²) in [6.07, 6.45) is 6.03. The zero-order valence-electron chi connectivity index (χ0n) is 10.9. The van der Waals surface area contributed by atoms with Crippen molar-refractivity contribution in [2.45, 2.75) is 44.2 Å². The zero-order chi connectivity index (χ0) is 13.2. The highest BCUT2D eigenvalue weighted by Crippen LogP contribution is 2.27. The molecular formula is C14H19IN2OS. The number of carbonyl (C=O) groups excluding carboxylic acids is 1. The molecule has 2 fully saturated rings. The van der Waals surface area contributed by atoms with Crippen molar-refractivity contribution >= 4 is 39.8 Å². The first-order valence-electron chi connectivity index (χ1n) is 7.04. The predicted octanol–water partition coefficient (Wildman–Crippen LogP) is 3.10. The van der Waals surface area contributed by atoms with Crippen molar-refractivity contribution in [3.05, 3.63) is 19.9 Å². The van der Waals surface area contributed by atoms with E-state index in [0.717, 1.165) is 31.5 Å². The standard InChI is InChI=1S/C14H19IN2OS/c15-13-8-10(9-19-13)14(18)17-7-2-1-5-12(17)11-4-3-6-16-11/h8-9,11-12,16H,1-7H2. The Balaban J connectivity index is 1.77. The van der Waals surface area contributed by atoms with E-state index in [4.69, 9.17) is 0 Å². The molecule has 104 valence electrons. The summed E-state index contributed by atoms with van der Waals surface area (Å²) in [7, 11) is 0. The second kappa shape index (κ2) is 6.10. The third-order valence-electron chi connectivity index (χ3n) is 4.19. The summed E-state index contributed by atoms with van der Waals surface area (Å²) in [5.74, 6) is 0.234. The summed E-state index contributed by atoms with van der Waals surface area (Å²) >= 11 is 3.94. The van der Waals surface area contributed by atoms with Crippen LogP contribution in [0.15, 0.2) is 11.4 Å². The van der Waals surface area contributed by atoms with Gasteiger partial charge in [-0.1, -0.05) is 0 Å². The Morgan fingerprint density at radius 2 is 2.26 bits per heavy atom. The van der Waals surface area contributed by atoms with E-state index in [-0.39, 0.29) is 5.91 Å². The lowest BCUT2D eigenvalue weighted by molar-refractivity contribution is 0.0564. The Morgan fingerprint density at radius 3 is 2.95 bits per heavy atom. The van der Waals surface area contributed by atoms with E-state index in [1.54, 1.807) is 11.3 Å². The number of piperidine rings is 1. The molecule has 1 N–H and O–H groups in total. The van der Waals surface area contributed by atoms with Crippen molar-refractivity contribution in [2.75, 3.05) is 13.1 Å². The molecule has 2 aliphatic heterocycles.